The van der Waals surface area contributed by atoms with Crippen LogP contribution in [0, 0.1) is 0 Å². The Kier molecular flexibility index (Phi) is 8.71. The quantitative estimate of drug-likeness (QED) is 0.156. The molecular formula is C31H27F6N3O8. The van der Waals surface area contributed by atoms with Gasteiger partial charge in [0.2, 0.25) is 0 Å². The molecule has 0 bridgehead atoms. The van der Waals surface area contributed by atoms with E-state index in [1.165, 1.54) is 25.3 Å². The minimum Gasteiger partial charge on any atom is -0.507 e. The number of fused-ring (bicyclic) bond motifs is 1. The van der Waals surface area contributed by atoms with Crippen LogP contribution in [0.25, 0.3) is 0 Å². The van der Waals surface area contributed by atoms with Crippen molar-refractivity contribution in [2.45, 2.75) is 50.2 Å². The molecule has 2 aliphatic heterocycles. The number of ether oxygens (including phenoxy) is 3. The third kappa shape index (κ3) is 5.93. The average Bonchev–Trinajstić information content (AvgIpc) is 3.23. The minimum absolute atomic E-state index is 0.0376. The van der Waals surface area contributed by atoms with Gasteiger partial charge in [-0.15, -0.1) is 0 Å². The van der Waals surface area contributed by atoms with Crippen LogP contribution < -0.4 is 19.5 Å². The number of aryl methyl sites for hydroxylation is 1. The Morgan fingerprint density at radius 1 is 1.02 bits per heavy atom. The van der Waals surface area contributed by atoms with E-state index in [-0.39, 0.29) is 47.8 Å². The first-order chi connectivity index (χ1) is 22.4. The number of hydrogen-bond acceptors (Lipinski definition) is 9. The number of alkyl halides is 6. The number of phenolic OH excluding ortho intramolecular Hbond substituents is 1. The van der Waals surface area contributed by atoms with E-state index in [1.54, 1.807) is 6.92 Å². The highest BCUT2D eigenvalue weighted by Crippen LogP contribution is 2.51. The van der Waals surface area contributed by atoms with Gasteiger partial charge < -0.3 is 29.7 Å². The van der Waals surface area contributed by atoms with Crippen molar-refractivity contribution in [1.29, 1.82) is 0 Å². The summed E-state index contributed by atoms with van der Waals surface area (Å²) in [6.45, 7) is 2.81. The fourth-order valence-electron chi connectivity index (χ4n) is 5.26. The lowest BCUT2D eigenvalue weighted by atomic mass is 9.90. The first-order valence-corrected chi connectivity index (χ1v) is 14.3. The molecule has 1 atom stereocenters. The second-order valence-electron chi connectivity index (χ2n) is 11.1. The number of Topliss-reactive ketones (excluding diaryl/α,β-unsaturated/α-hetero) is 1. The number of amides is 3. The zero-order chi connectivity index (χ0) is 35.2. The second kappa shape index (κ2) is 12.2. The maximum atomic E-state index is 13.4. The molecule has 48 heavy (non-hydrogen) atoms. The normalized spacial score (nSPS) is 18.1. The number of rotatable bonds is 9. The maximum absolute atomic E-state index is 13.4. The maximum Gasteiger partial charge on any atom is 0.430 e. The van der Waals surface area contributed by atoms with Gasteiger partial charge in [-0.25, -0.2) is 4.79 Å². The lowest BCUT2D eigenvalue weighted by Crippen LogP contribution is -2.53. The predicted molar refractivity (Wildman–Crippen MR) is 152 cm³/mol. The van der Waals surface area contributed by atoms with Crippen LogP contribution in [-0.4, -0.2) is 69.9 Å². The number of phenols is 1. The Labute approximate surface area is 268 Å². The molecule has 1 fully saturated rings. The number of nitrogens with one attached hydrogen (secondary N) is 1. The van der Waals surface area contributed by atoms with Gasteiger partial charge in [0.1, 0.15) is 30.5 Å². The number of hydrogen-bond donors (Lipinski definition) is 3. The average molecular weight is 684 g/mol. The molecule has 1 unspecified atom stereocenters. The molecule has 3 heterocycles. The highest BCUT2D eigenvalue weighted by Gasteiger charge is 2.71. The minimum atomic E-state index is -6.08. The number of imide groups is 1. The summed E-state index contributed by atoms with van der Waals surface area (Å²) in [7, 11) is 0. The van der Waals surface area contributed by atoms with Crippen LogP contribution in [0.1, 0.15) is 47.4 Å². The van der Waals surface area contributed by atoms with Crippen LogP contribution in [-0.2, 0) is 22.4 Å². The number of urea groups is 1. The molecule has 5 rings (SSSR count). The molecule has 3 N–H and O–H groups in total. The van der Waals surface area contributed by atoms with Crippen molar-refractivity contribution in [2.24, 2.45) is 0 Å². The Morgan fingerprint density at radius 2 is 1.69 bits per heavy atom. The standard InChI is InChI=1S/C31H27F6N3O8/c1-3-4-16-11-17(29(45,30(32,33)34)31(35,36)37)5-8-22(16)48-18-6-7-19(20(41)12-18)21(42)15-40-26(43)28(2,39-27(40)44)25-13-23-24(14-38-25)47-10-9-46-23/h5-8,11-14,41,45H,3-4,9-10,15H2,1-2H3,(H,39,44). The predicted octanol–water partition coefficient (Wildman–Crippen LogP) is 5.27. The van der Waals surface area contributed by atoms with Crippen LogP contribution in [0.15, 0.2) is 48.7 Å². The summed E-state index contributed by atoms with van der Waals surface area (Å²) in [6.07, 6.45) is -10.6. The Bertz CT molecular complexity index is 1770. The van der Waals surface area contributed by atoms with Crippen LogP contribution in [0.2, 0.25) is 0 Å². The van der Waals surface area contributed by atoms with Gasteiger partial charge >= 0.3 is 18.4 Å². The first kappa shape index (κ1) is 34.3. The number of aromatic hydroxyl groups is 1. The number of aliphatic hydroxyl groups is 1. The first-order valence-electron chi connectivity index (χ1n) is 14.3. The molecule has 256 valence electrons. The van der Waals surface area contributed by atoms with E-state index in [0.717, 1.165) is 18.2 Å². The molecule has 17 heteroatoms. The summed E-state index contributed by atoms with van der Waals surface area (Å²) in [6, 6.07) is 5.60. The van der Waals surface area contributed by atoms with Gasteiger partial charge in [-0.3, -0.25) is 19.5 Å². The summed E-state index contributed by atoms with van der Waals surface area (Å²) in [5.41, 5.74) is -8.54. The highest BCUT2D eigenvalue weighted by molar-refractivity contribution is 6.11. The highest BCUT2D eigenvalue weighted by atomic mass is 19.4. The van der Waals surface area contributed by atoms with Crippen molar-refractivity contribution >= 4 is 17.7 Å². The third-order valence-corrected chi connectivity index (χ3v) is 7.83. The molecule has 0 aliphatic carbocycles. The van der Waals surface area contributed by atoms with Gasteiger partial charge in [-0.05, 0) is 43.2 Å². The number of nitrogens with zero attached hydrogens (tertiary/aromatic N) is 2. The van der Waals surface area contributed by atoms with Crippen LogP contribution in [0.4, 0.5) is 31.1 Å². The van der Waals surface area contributed by atoms with Crippen molar-refractivity contribution in [3.8, 4) is 28.7 Å². The molecule has 2 aromatic carbocycles. The van der Waals surface area contributed by atoms with Crippen molar-refractivity contribution in [3.63, 3.8) is 0 Å². The van der Waals surface area contributed by atoms with E-state index in [1.807, 2.05) is 0 Å². The van der Waals surface area contributed by atoms with Crippen molar-refractivity contribution < 1.29 is 65.1 Å². The van der Waals surface area contributed by atoms with Crippen molar-refractivity contribution in [3.05, 3.63) is 71.0 Å². The molecule has 1 aromatic heterocycles. The molecular weight excluding hydrogens is 656 g/mol. The van der Waals surface area contributed by atoms with Gasteiger partial charge in [0.25, 0.3) is 11.5 Å². The van der Waals surface area contributed by atoms with E-state index in [4.69, 9.17) is 14.2 Å². The second-order valence-corrected chi connectivity index (χ2v) is 11.1. The number of aromatic nitrogens is 1. The van der Waals surface area contributed by atoms with Crippen LogP contribution >= 0.6 is 0 Å². The van der Waals surface area contributed by atoms with Crippen LogP contribution in [0.5, 0.6) is 28.7 Å². The number of pyridine rings is 1. The molecule has 0 radical (unpaired) electrons. The SMILES string of the molecule is CCCc1cc(C(O)(C(F)(F)F)C(F)(F)F)ccc1Oc1ccc(C(=O)CN2C(=O)NC(C)(c3cc4c(cn3)OCCO4)C2=O)c(O)c1. The number of halogens is 6. The van der Waals surface area contributed by atoms with Gasteiger partial charge in [0, 0.05) is 17.7 Å². The van der Waals surface area contributed by atoms with Gasteiger partial charge in [0.15, 0.2) is 22.8 Å². The number of benzene rings is 2. The molecule has 0 saturated carbocycles. The summed E-state index contributed by atoms with van der Waals surface area (Å²) in [5, 5.41) is 22.9. The molecule has 0 spiro atoms. The van der Waals surface area contributed by atoms with Crippen molar-refractivity contribution in [1.82, 2.24) is 15.2 Å². The zero-order valence-electron chi connectivity index (χ0n) is 25.2. The fraction of sp³-hybridized carbons (Fsp3) is 0.355. The number of carbonyl (C=O) groups excluding carboxylic acids is 3. The number of ketones is 1. The Balaban J connectivity index is 1.34. The van der Waals surface area contributed by atoms with E-state index in [9.17, 15) is 50.9 Å². The monoisotopic (exact) mass is 683 g/mol. The largest absolute Gasteiger partial charge is 0.507 e. The molecule has 11 nitrogen and oxygen atoms in total. The zero-order valence-corrected chi connectivity index (χ0v) is 25.2. The van der Waals surface area contributed by atoms with E-state index in [0.29, 0.717) is 35.1 Å². The third-order valence-electron chi connectivity index (χ3n) is 7.83. The summed E-state index contributed by atoms with van der Waals surface area (Å²) >= 11 is 0. The topological polar surface area (TPSA) is 148 Å². The Morgan fingerprint density at radius 3 is 2.31 bits per heavy atom. The smallest absolute Gasteiger partial charge is 0.430 e. The summed E-state index contributed by atoms with van der Waals surface area (Å²) < 4.78 is 97.1. The molecule has 3 amide bonds. The van der Waals surface area contributed by atoms with E-state index < -0.39 is 59.1 Å². The Hall–Kier alpha value is -5.06. The van der Waals surface area contributed by atoms with Crippen molar-refractivity contribution in [2.75, 3.05) is 19.8 Å². The molecule has 2 aliphatic rings. The lowest BCUT2D eigenvalue weighted by Gasteiger charge is -2.33. The van der Waals surface area contributed by atoms with E-state index >= 15 is 0 Å². The van der Waals surface area contributed by atoms with Crippen LogP contribution in [0.3, 0.4) is 0 Å². The van der Waals surface area contributed by atoms with Gasteiger partial charge in [-0.1, -0.05) is 19.4 Å². The fourth-order valence-corrected chi connectivity index (χ4v) is 5.26. The number of carbonyl (C=O) groups is 3. The lowest BCUT2D eigenvalue weighted by molar-refractivity contribution is -0.376. The summed E-state index contributed by atoms with van der Waals surface area (Å²) in [4.78, 5) is 44.1. The van der Waals surface area contributed by atoms with Gasteiger partial charge in [0.05, 0.1) is 24.0 Å². The molecule has 1 saturated heterocycles. The molecule has 3 aromatic rings. The van der Waals surface area contributed by atoms with E-state index in [2.05, 4.69) is 10.3 Å². The van der Waals surface area contributed by atoms with Gasteiger partial charge in [-0.2, -0.15) is 26.3 Å². The summed E-state index contributed by atoms with van der Waals surface area (Å²) in [5.74, 6) is -1.96.